The van der Waals surface area contributed by atoms with Crippen molar-refractivity contribution in [2.75, 3.05) is 7.11 Å². The van der Waals surface area contributed by atoms with Gasteiger partial charge in [0, 0.05) is 12.2 Å². The molecule has 2 heterocycles. The standard InChI is InChI=1S/C14H19NO4/c1-8(2)10-12(16)11(14(18)19-3)9-6-4-5-7-15(9)13(10)17/h8,16H,4-7H2,1-3H3. The van der Waals surface area contributed by atoms with Crippen molar-refractivity contribution in [1.29, 1.82) is 0 Å². The van der Waals surface area contributed by atoms with E-state index in [-0.39, 0.29) is 22.8 Å². The smallest absolute Gasteiger partial charge is 0.343 e. The van der Waals surface area contributed by atoms with Gasteiger partial charge >= 0.3 is 5.97 Å². The molecular weight excluding hydrogens is 246 g/mol. The third kappa shape index (κ3) is 2.13. The highest BCUT2D eigenvalue weighted by atomic mass is 16.5. The molecule has 0 saturated heterocycles. The molecule has 0 fully saturated rings. The van der Waals surface area contributed by atoms with Gasteiger partial charge in [0.05, 0.1) is 12.7 Å². The number of hydrogen-bond acceptors (Lipinski definition) is 4. The molecule has 1 aliphatic heterocycles. The van der Waals surface area contributed by atoms with Gasteiger partial charge in [0.25, 0.3) is 5.56 Å². The van der Waals surface area contributed by atoms with E-state index in [0.29, 0.717) is 24.2 Å². The second kappa shape index (κ2) is 5.07. The summed E-state index contributed by atoms with van der Waals surface area (Å²) < 4.78 is 6.36. The van der Waals surface area contributed by atoms with Gasteiger partial charge in [-0.05, 0) is 25.2 Å². The van der Waals surface area contributed by atoms with Crippen molar-refractivity contribution >= 4 is 5.97 Å². The lowest BCUT2D eigenvalue weighted by atomic mass is 9.95. The first kappa shape index (κ1) is 13.6. The van der Waals surface area contributed by atoms with Crippen molar-refractivity contribution in [3.63, 3.8) is 0 Å². The number of aromatic hydroxyl groups is 1. The van der Waals surface area contributed by atoms with Crippen LogP contribution < -0.4 is 5.56 Å². The van der Waals surface area contributed by atoms with Gasteiger partial charge in [0.15, 0.2) is 0 Å². The van der Waals surface area contributed by atoms with E-state index < -0.39 is 5.97 Å². The summed E-state index contributed by atoms with van der Waals surface area (Å²) in [4.78, 5) is 24.3. The molecule has 0 aliphatic carbocycles. The highest BCUT2D eigenvalue weighted by Crippen LogP contribution is 2.31. The molecule has 19 heavy (non-hydrogen) atoms. The average molecular weight is 265 g/mol. The predicted octanol–water partition coefficient (Wildman–Crippen LogP) is 1.80. The zero-order valence-electron chi connectivity index (χ0n) is 11.5. The van der Waals surface area contributed by atoms with Gasteiger partial charge in [0.2, 0.25) is 0 Å². The summed E-state index contributed by atoms with van der Waals surface area (Å²) in [5, 5.41) is 10.3. The topological polar surface area (TPSA) is 68.5 Å². The van der Waals surface area contributed by atoms with E-state index in [0.717, 1.165) is 12.8 Å². The molecule has 5 nitrogen and oxygen atoms in total. The van der Waals surface area contributed by atoms with Crippen molar-refractivity contribution in [3.8, 4) is 5.75 Å². The van der Waals surface area contributed by atoms with Gasteiger partial charge in [-0.2, -0.15) is 0 Å². The maximum atomic E-state index is 12.4. The van der Waals surface area contributed by atoms with E-state index in [2.05, 4.69) is 0 Å². The van der Waals surface area contributed by atoms with E-state index in [9.17, 15) is 14.7 Å². The number of carbonyl (C=O) groups is 1. The third-order valence-corrected chi connectivity index (χ3v) is 3.59. The summed E-state index contributed by atoms with van der Waals surface area (Å²) in [5.41, 5.74) is 0.872. The number of nitrogens with zero attached hydrogens (tertiary/aromatic N) is 1. The fourth-order valence-electron chi connectivity index (χ4n) is 2.67. The zero-order chi connectivity index (χ0) is 14.2. The Balaban J connectivity index is 2.81. The second-order valence-corrected chi connectivity index (χ2v) is 5.14. The number of methoxy groups -OCH3 is 1. The predicted molar refractivity (Wildman–Crippen MR) is 70.7 cm³/mol. The molecule has 1 aliphatic rings. The molecule has 0 bridgehead atoms. The molecule has 2 rings (SSSR count). The fourth-order valence-corrected chi connectivity index (χ4v) is 2.67. The third-order valence-electron chi connectivity index (χ3n) is 3.59. The molecular formula is C14H19NO4. The van der Waals surface area contributed by atoms with E-state index in [4.69, 9.17) is 4.74 Å². The van der Waals surface area contributed by atoms with Crippen LogP contribution in [0.25, 0.3) is 0 Å². The zero-order valence-corrected chi connectivity index (χ0v) is 11.5. The van der Waals surface area contributed by atoms with Crippen LogP contribution in [0.5, 0.6) is 5.75 Å². The molecule has 0 unspecified atom stereocenters. The molecule has 104 valence electrons. The highest BCUT2D eigenvalue weighted by Gasteiger charge is 2.28. The molecule has 0 atom stereocenters. The van der Waals surface area contributed by atoms with E-state index in [1.807, 2.05) is 13.8 Å². The quantitative estimate of drug-likeness (QED) is 0.828. The monoisotopic (exact) mass is 265 g/mol. The van der Waals surface area contributed by atoms with E-state index in [1.165, 1.54) is 7.11 Å². The van der Waals surface area contributed by atoms with Gasteiger partial charge in [-0.1, -0.05) is 13.8 Å². The average Bonchev–Trinajstić information content (AvgIpc) is 2.38. The minimum absolute atomic E-state index is 0.143. The molecule has 1 N–H and O–H groups in total. The molecule has 0 saturated carbocycles. The summed E-state index contributed by atoms with van der Waals surface area (Å²) in [6.07, 6.45) is 2.44. The van der Waals surface area contributed by atoms with Crippen LogP contribution in [0.15, 0.2) is 4.79 Å². The first-order valence-electron chi connectivity index (χ1n) is 6.55. The van der Waals surface area contributed by atoms with Crippen LogP contribution in [0.4, 0.5) is 0 Å². The van der Waals surface area contributed by atoms with Gasteiger partial charge in [-0.15, -0.1) is 0 Å². The molecule has 5 heteroatoms. The largest absolute Gasteiger partial charge is 0.506 e. The Bertz CT molecular complexity index is 572. The molecule has 0 amide bonds. The number of esters is 1. The van der Waals surface area contributed by atoms with E-state index >= 15 is 0 Å². The Morgan fingerprint density at radius 2 is 2.05 bits per heavy atom. The SMILES string of the molecule is COC(=O)c1c(O)c(C(C)C)c(=O)n2c1CCCC2. The fraction of sp³-hybridized carbons (Fsp3) is 0.571. The molecule has 0 spiro atoms. The first-order valence-corrected chi connectivity index (χ1v) is 6.55. The molecule has 0 aromatic carbocycles. The summed E-state index contributed by atoms with van der Waals surface area (Å²) in [5.74, 6) is -0.930. The highest BCUT2D eigenvalue weighted by molar-refractivity contribution is 5.94. The van der Waals surface area contributed by atoms with Crippen LogP contribution in [0.2, 0.25) is 0 Å². The summed E-state index contributed by atoms with van der Waals surface area (Å²) in [6, 6.07) is 0. The minimum Gasteiger partial charge on any atom is -0.506 e. The van der Waals surface area contributed by atoms with Crippen molar-refractivity contribution in [3.05, 3.63) is 27.2 Å². The van der Waals surface area contributed by atoms with Crippen LogP contribution in [0, 0.1) is 0 Å². The van der Waals surface area contributed by atoms with Crippen LogP contribution in [-0.2, 0) is 17.7 Å². The number of carbonyl (C=O) groups excluding carboxylic acids is 1. The Kier molecular flexibility index (Phi) is 3.64. The maximum absolute atomic E-state index is 12.4. The Labute approximate surface area is 111 Å². The summed E-state index contributed by atoms with van der Waals surface area (Å²) >= 11 is 0. The summed E-state index contributed by atoms with van der Waals surface area (Å²) in [7, 11) is 1.28. The van der Waals surface area contributed by atoms with Gasteiger partial charge < -0.3 is 14.4 Å². The van der Waals surface area contributed by atoms with Gasteiger partial charge in [-0.3, -0.25) is 4.79 Å². The van der Waals surface area contributed by atoms with Crippen molar-refractivity contribution in [2.24, 2.45) is 0 Å². The molecule has 0 radical (unpaired) electrons. The first-order chi connectivity index (χ1) is 8.99. The number of fused-ring (bicyclic) bond motifs is 1. The number of rotatable bonds is 2. The normalized spacial score (nSPS) is 14.3. The Hall–Kier alpha value is -1.78. The van der Waals surface area contributed by atoms with Gasteiger partial charge in [0.1, 0.15) is 11.3 Å². The van der Waals surface area contributed by atoms with Crippen LogP contribution in [0.1, 0.15) is 54.2 Å². The number of pyridine rings is 1. The van der Waals surface area contributed by atoms with Crippen LogP contribution in [0.3, 0.4) is 0 Å². The maximum Gasteiger partial charge on any atom is 0.343 e. The Morgan fingerprint density at radius 1 is 1.37 bits per heavy atom. The lowest BCUT2D eigenvalue weighted by Gasteiger charge is -2.24. The van der Waals surface area contributed by atoms with E-state index in [1.54, 1.807) is 4.57 Å². The lowest BCUT2D eigenvalue weighted by Crippen LogP contribution is -2.32. The van der Waals surface area contributed by atoms with Crippen molar-refractivity contribution in [2.45, 2.75) is 45.6 Å². The number of hydrogen-bond donors (Lipinski definition) is 1. The molecule has 1 aromatic rings. The Morgan fingerprint density at radius 3 is 2.63 bits per heavy atom. The van der Waals surface area contributed by atoms with Crippen molar-refractivity contribution < 1.29 is 14.6 Å². The van der Waals surface area contributed by atoms with Crippen molar-refractivity contribution in [1.82, 2.24) is 4.57 Å². The molecule has 1 aromatic heterocycles. The van der Waals surface area contributed by atoms with Crippen LogP contribution >= 0.6 is 0 Å². The minimum atomic E-state index is -0.579. The van der Waals surface area contributed by atoms with Gasteiger partial charge in [-0.25, -0.2) is 4.79 Å². The second-order valence-electron chi connectivity index (χ2n) is 5.14. The summed E-state index contributed by atoms with van der Waals surface area (Å²) in [6.45, 7) is 4.25. The number of aromatic nitrogens is 1. The number of ether oxygens (including phenoxy) is 1. The lowest BCUT2D eigenvalue weighted by molar-refractivity contribution is 0.0593. The van der Waals surface area contributed by atoms with Crippen LogP contribution in [-0.4, -0.2) is 22.8 Å².